The number of nitrogens with one attached hydrogen (secondary N) is 1. The summed E-state index contributed by atoms with van der Waals surface area (Å²) in [7, 11) is 0. The van der Waals surface area contributed by atoms with Crippen molar-refractivity contribution in [2.24, 2.45) is 16.1 Å². The zero-order valence-corrected chi connectivity index (χ0v) is 10.3. The van der Waals surface area contributed by atoms with Crippen LogP contribution in [0.1, 0.15) is 39.8 Å². The van der Waals surface area contributed by atoms with Crippen molar-refractivity contribution in [2.45, 2.75) is 19.8 Å². The van der Waals surface area contributed by atoms with Crippen LogP contribution >= 0.6 is 0 Å². The number of fused-ring (bicyclic) bond motifs is 1. The third-order valence-corrected chi connectivity index (χ3v) is 2.91. The SMILES string of the molecule is CCOC(=O)c1c2c(cn1C(N=N)=NN)C(=O)CC2. The van der Waals surface area contributed by atoms with Crippen LogP contribution in [0.2, 0.25) is 0 Å². The summed E-state index contributed by atoms with van der Waals surface area (Å²) >= 11 is 0. The third kappa shape index (κ3) is 2.01. The Morgan fingerprint density at radius 3 is 2.89 bits per heavy atom. The van der Waals surface area contributed by atoms with Crippen LogP contribution in [0.3, 0.4) is 0 Å². The molecular formula is C11H13N5O3. The second-order valence-electron chi connectivity index (χ2n) is 3.92. The molecule has 3 N–H and O–H groups in total. The summed E-state index contributed by atoms with van der Waals surface area (Å²) in [5.74, 6) is 4.32. The Morgan fingerprint density at radius 2 is 2.32 bits per heavy atom. The summed E-state index contributed by atoms with van der Waals surface area (Å²) in [4.78, 5) is 23.7. The monoisotopic (exact) mass is 263 g/mol. The second-order valence-corrected chi connectivity index (χ2v) is 3.92. The summed E-state index contributed by atoms with van der Waals surface area (Å²) in [6, 6.07) is 0. The van der Waals surface area contributed by atoms with Crippen molar-refractivity contribution in [2.75, 3.05) is 6.61 Å². The fraction of sp³-hybridized carbons (Fsp3) is 0.364. The predicted molar refractivity (Wildman–Crippen MR) is 65.2 cm³/mol. The van der Waals surface area contributed by atoms with Crippen molar-refractivity contribution in [3.63, 3.8) is 0 Å². The van der Waals surface area contributed by atoms with E-state index in [-0.39, 0.29) is 24.0 Å². The van der Waals surface area contributed by atoms with Gasteiger partial charge in [0, 0.05) is 18.2 Å². The van der Waals surface area contributed by atoms with E-state index < -0.39 is 5.97 Å². The lowest BCUT2D eigenvalue weighted by Crippen LogP contribution is -2.19. The molecular weight excluding hydrogens is 250 g/mol. The van der Waals surface area contributed by atoms with Gasteiger partial charge in [0.05, 0.1) is 6.61 Å². The zero-order chi connectivity index (χ0) is 14.0. The Kier molecular flexibility index (Phi) is 3.41. The first-order valence-electron chi connectivity index (χ1n) is 5.74. The van der Waals surface area contributed by atoms with Gasteiger partial charge in [-0.1, -0.05) is 0 Å². The molecule has 8 heteroatoms. The van der Waals surface area contributed by atoms with E-state index in [1.54, 1.807) is 6.92 Å². The zero-order valence-electron chi connectivity index (χ0n) is 10.3. The van der Waals surface area contributed by atoms with Gasteiger partial charge in [0.2, 0.25) is 0 Å². The number of Topliss-reactive ketones (excluding diaryl/α,β-unsaturated/α-hetero) is 1. The highest BCUT2D eigenvalue weighted by Gasteiger charge is 2.31. The molecule has 19 heavy (non-hydrogen) atoms. The number of carbonyl (C=O) groups is 2. The highest BCUT2D eigenvalue weighted by atomic mass is 16.5. The van der Waals surface area contributed by atoms with Crippen molar-refractivity contribution >= 4 is 17.7 Å². The van der Waals surface area contributed by atoms with E-state index in [1.165, 1.54) is 10.8 Å². The standard InChI is InChI=1S/C11H13N5O3/c1-2-19-10(18)9-6-3-4-8(17)7(6)5-16(9)11(14-12)15-13/h5,12H,2-4,13H2,1H3. The van der Waals surface area contributed by atoms with Gasteiger partial charge in [0.25, 0.3) is 5.96 Å². The molecule has 100 valence electrons. The number of ketones is 1. The van der Waals surface area contributed by atoms with Gasteiger partial charge in [-0.25, -0.2) is 10.3 Å². The Morgan fingerprint density at radius 1 is 1.58 bits per heavy atom. The first-order valence-corrected chi connectivity index (χ1v) is 5.74. The Labute approximate surface area is 108 Å². The fourth-order valence-electron chi connectivity index (χ4n) is 2.13. The van der Waals surface area contributed by atoms with Crippen molar-refractivity contribution < 1.29 is 14.3 Å². The molecule has 1 aliphatic carbocycles. The molecule has 1 aliphatic rings. The Balaban J connectivity index is 2.61. The van der Waals surface area contributed by atoms with Gasteiger partial charge in [-0.2, -0.15) is 0 Å². The van der Waals surface area contributed by atoms with E-state index in [2.05, 4.69) is 10.2 Å². The van der Waals surface area contributed by atoms with Crippen LogP contribution in [-0.2, 0) is 11.2 Å². The maximum atomic E-state index is 12.0. The number of hydrogen-bond donors (Lipinski definition) is 2. The van der Waals surface area contributed by atoms with E-state index >= 15 is 0 Å². The quantitative estimate of drug-likeness (QED) is 0.205. The van der Waals surface area contributed by atoms with Crippen molar-refractivity contribution in [1.29, 1.82) is 5.53 Å². The number of esters is 1. The minimum atomic E-state index is -0.580. The molecule has 0 amide bonds. The topological polar surface area (TPSA) is 123 Å². The Bertz CT molecular complexity index is 587. The number of aromatic nitrogens is 1. The number of ether oxygens (including phenoxy) is 1. The van der Waals surface area contributed by atoms with Gasteiger partial charge < -0.3 is 10.6 Å². The minimum Gasteiger partial charge on any atom is -0.461 e. The van der Waals surface area contributed by atoms with Crippen molar-refractivity contribution in [1.82, 2.24) is 4.57 Å². The molecule has 8 nitrogen and oxygen atoms in total. The molecule has 0 unspecified atom stereocenters. The van der Waals surface area contributed by atoms with E-state index in [0.29, 0.717) is 24.0 Å². The summed E-state index contributed by atoms with van der Waals surface area (Å²) < 4.78 is 6.19. The molecule has 0 saturated carbocycles. The molecule has 2 rings (SSSR count). The van der Waals surface area contributed by atoms with Crippen LogP contribution in [0, 0.1) is 5.53 Å². The molecule has 1 aromatic rings. The molecule has 0 spiro atoms. The lowest BCUT2D eigenvalue weighted by atomic mass is 10.2. The average molecular weight is 263 g/mol. The first kappa shape index (κ1) is 12.9. The van der Waals surface area contributed by atoms with E-state index in [9.17, 15) is 9.59 Å². The molecule has 0 fully saturated rings. The molecule has 1 aromatic heterocycles. The lowest BCUT2D eigenvalue weighted by molar-refractivity contribution is 0.0516. The largest absolute Gasteiger partial charge is 0.461 e. The summed E-state index contributed by atoms with van der Waals surface area (Å²) in [6.07, 6.45) is 2.26. The number of hydrazone groups is 1. The average Bonchev–Trinajstić information content (AvgIpc) is 2.92. The van der Waals surface area contributed by atoms with Gasteiger partial charge in [-0.15, -0.1) is 10.2 Å². The predicted octanol–water partition coefficient (Wildman–Crippen LogP) is 0.902. The lowest BCUT2D eigenvalue weighted by Gasteiger charge is -2.07. The molecule has 0 saturated heterocycles. The smallest absolute Gasteiger partial charge is 0.355 e. The van der Waals surface area contributed by atoms with Gasteiger partial charge in [-0.3, -0.25) is 9.36 Å². The molecule has 1 heterocycles. The van der Waals surface area contributed by atoms with E-state index in [0.717, 1.165) is 0 Å². The van der Waals surface area contributed by atoms with Crippen LogP contribution in [-0.4, -0.2) is 28.9 Å². The molecule has 0 radical (unpaired) electrons. The summed E-state index contributed by atoms with van der Waals surface area (Å²) in [5.41, 5.74) is 8.21. The van der Waals surface area contributed by atoms with Crippen LogP contribution in [0.25, 0.3) is 0 Å². The molecule has 0 bridgehead atoms. The number of rotatable bonds is 2. The summed E-state index contributed by atoms with van der Waals surface area (Å²) in [5, 5.41) is 6.46. The summed E-state index contributed by atoms with van der Waals surface area (Å²) in [6.45, 7) is 1.89. The van der Waals surface area contributed by atoms with Gasteiger partial charge >= 0.3 is 5.97 Å². The van der Waals surface area contributed by atoms with Crippen LogP contribution in [0.15, 0.2) is 16.4 Å². The molecule has 0 aromatic carbocycles. The van der Waals surface area contributed by atoms with Gasteiger partial charge in [0.15, 0.2) is 5.78 Å². The number of carbonyl (C=O) groups excluding carboxylic acids is 2. The maximum absolute atomic E-state index is 12.0. The maximum Gasteiger partial charge on any atom is 0.355 e. The fourth-order valence-corrected chi connectivity index (χ4v) is 2.13. The van der Waals surface area contributed by atoms with Crippen LogP contribution < -0.4 is 5.84 Å². The van der Waals surface area contributed by atoms with Crippen molar-refractivity contribution in [3.8, 4) is 0 Å². The highest BCUT2D eigenvalue weighted by Crippen LogP contribution is 2.28. The van der Waals surface area contributed by atoms with Crippen LogP contribution in [0.4, 0.5) is 0 Å². The van der Waals surface area contributed by atoms with Crippen molar-refractivity contribution in [3.05, 3.63) is 23.0 Å². The third-order valence-electron chi connectivity index (χ3n) is 2.91. The molecule has 0 atom stereocenters. The second kappa shape index (κ2) is 5.01. The van der Waals surface area contributed by atoms with Gasteiger partial charge in [0.1, 0.15) is 5.69 Å². The number of hydrogen-bond acceptors (Lipinski definition) is 6. The van der Waals surface area contributed by atoms with Crippen LogP contribution in [0.5, 0.6) is 0 Å². The first-order chi connectivity index (χ1) is 9.13. The number of nitrogens with two attached hydrogens (primary N) is 1. The minimum absolute atomic E-state index is 0.0550. The number of nitrogens with zero attached hydrogens (tertiary/aromatic N) is 3. The normalized spacial score (nSPS) is 14.4. The van der Waals surface area contributed by atoms with Gasteiger partial charge in [-0.05, 0) is 18.9 Å². The molecule has 0 aliphatic heterocycles. The Hall–Kier alpha value is -2.51. The van der Waals surface area contributed by atoms with E-state index in [1.807, 2.05) is 0 Å². The van der Waals surface area contributed by atoms with E-state index in [4.69, 9.17) is 16.1 Å². The highest BCUT2D eigenvalue weighted by molar-refractivity contribution is 6.06.